The molecule has 0 bridgehead atoms. The van der Waals surface area contributed by atoms with E-state index >= 15 is 0 Å². The third kappa shape index (κ3) is 2.51. The molecule has 0 aliphatic heterocycles. The number of hydrogen-bond donors (Lipinski definition) is 2. The fourth-order valence-corrected chi connectivity index (χ4v) is 2.74. The first kappa shape index (κ1) is 14.0. The molecule has 2 rings (SSSR count). The number of nitrogens with two attached hydrogens (primary N) is 1. The Morgan fingerprint density at radius 1 is 1.42 bits per heavy atom. The molecule has 0 spiro atoms. The second kappa shape index (κ2) is 5.72. The normalized spacial score (nSPS) is 14.8. The molecule has 2 unspecified atom stereocenters. The smallest absolute Gasteiger partial charge is 0.106 e. The van der Waals surface area contributed by atoms with Crippen LogP contribution in [0.15, 0.2) is 18.2 Å². The summed E-state index contributed by atoms with van der Waals surface area (Å²) in [7, 11) is 4.05. The van der Waals surface area contributed by atoms with Gasteiger partial charge in [-0.3, -0.25) is 0 Å². The number of aryl methyl sites for hydroxylation is 2. The van der Waals surface area contributed by atoms with Crippen LogP contribution in [0.3, 0.4) is 0 Å². The number of nitrogens with one attached hydrogen (secondary N) is 1. The van der Waals surface area contributed by atoms with Crippen molar-refractivity contribution in [2.24, 2.45) is 18.7 Å². The number of nitrogens with zero attached hydrogens (tertiary/aromatic N) is 2. The van der Waals surface area contributed by atoms with Crippen molar-refractivity contribution in [3.63, 3.8) is 0 Å². The highest BCUT2D eigenvalue weighted by Gasteiger charge is 2.19. The van der Waals surface area contributed by atoms with Crippen LogP contribution in [0.1, 0.15) is 30.8 Å². The van der Waals surface area contributed by atoms with Gasteiger partial charge in [0.2, 0.25) is 0 Å². The number of rotatable bonds is 5. The van der Waals surface area contributed by atoms with Gasteiger partial charge in [-0.05, 0) is 44.1 Å². The Morgan fingerprint density at radius 2 is 2.16 bits per heavy atom. The lowest BCUT2D eigenvalue weighted by Crippen LogP contribution is -2.30. The average Bonchev–Trinajstić information content (AvgIpc) is 2.70. The predicted molar refractivity (Wildman–Crippen MR) is 80.1 cm³/mol. The largest absolute Gasteiger partial charge is 0.331 e. The zero-order valence-corrected chi connectivity index (χ0v) is 12.3. The Hall–Kier alpha value is -1.39. The minimum Gasteiger partial charge on any atom is -0.331 e. The molecule has 0 aliphatic carbocycles. The quantitative estimate of drug-likeness (QED) is 0.866. The Morgan fingerprint density at radius 3 is 2.74 bits per heavy atom. The third-order valence-corrected chi connectivity index (χ3v) is 4.10. The van der Waals surface area contributed by atoms with E-state index in [1.165, 1.54) is 11.1 Å². The molecule has 4 nitrogen and oxygen atoms in total. The van der Waals surface area contributed by atoms with E-state index in [0.717, 1.165) is 17.8 Å². The third-order valence-electron chi connectivity index (χ3n) is 4.10. The first-order valence-corrected chi connectivity index (χ1v) is 6.92. The van der Waals surface area contributed by atoms with Gasteiger partial charge < -0.3 is 15.6 Å². The van der Waals surface area contributed by atoms with Crippen molar-refractivity contribution in [3.8, 4) is 0 Å². The van der Waals surface area contributed by atoms with Gasteiger partial charge in [-0.15, -0.1) is 0 Å². The standard InChI is InChI=1S/C15H24N4/c1-5-11(9-16)15(17-3)12-6-7-14-13(8-12)18-10(2)19(14)4/h6-8,11,15,17H,5,9,16H2,1-4H3. The maximum absolute atomic E-state index is 5.88. The van der Waals surface area contributed by atoms with Gasteiger partial charge >= 0.3 is 0 Å². The summed E-state index contributed by atoms with van der Waals surface area (Å²) in [6.07, 6.45) is 1.07. The molecule has 0 saturated heterocycles. The lowest BCUT2D eigenvalue weighted by molar-refractivity contribution is 0.378. The van der Waals surface area contributed by atoms with Crippen LogP contribution in [0.5, 0.6) is 0 Å². The first-order valence-electron chi connectivity index (χ1n) is 6.92. The molecule has 0 fully saturated rings. The number of benzene rings is 1. The summed E-state index contributed by atoms with van der Waals surface area (Å²) in [5, 5.41) is 3.39. The van der Waals surface area contributed by atoms with Crippen molar-refractivity contribution in [1.82, 2.24) is 14.9 Å². The van der Waals surface area contributed by atoms with Gasteiger partial charge in [0, 0.05) is 13.1 Å². The Balaban J connectivity index is 2.44. The van der Waals surface area contributed by atoms with Crippen molar-refractivity contribution in [3.05, 3.63) is 29.6 Å². The second-order valence-electron chi connectivity index (χ2n) is 5.14. The molecule has 2 aromatic rings. The van der Waals surface area contributed by atoms with Gasteiger partial charge in [0.25, 0.3) is 0 Å². The van der Waals surface area contributed by atoms with Gasteiger partial charge in [-0.2, -0.15) is 0 Å². The molecule has 0 radical (unpaired) electrons. The molecule has 3 N–H and O–H groups in total. The molecule has 1 aromatic carbocycles. The summed E-state index contributed by atoms with van der Waals surface area (Å²) in [6, 6.07) is 6.81. The molecular formula is C15H24N4. The Bertz CT molecular complexity index is 555. The van der Waals surface area contributed by atoms with Crippen LogP contribution in [0.2, 0.25) is 0 Å². The van der Waals surface area contributed by atoms with Crippen molar-refractivity contribution in [2.75, 3.05) is 13.6 Å². The fourth-order valence-electron chi connectivity index (χ4n) is 2.74. The van der Waals surface area contributed by atoms with Crippen molar-refractivity contribution in [2.45, 2.75) is 26.3 Å². The Labute approximate surface area is 115 Å². The monoisotopic (exact) mass is 260 g/mol. The van der Waals surface area contributed by atoms with E-state index < -0.39 is 0 Å². The minimum atomic E-state index is 0.293. The first-order chi connectivity index (χ1) is 9.12. The molecule has 2 atom stereocenters. The topological polar surface area (TPSA) is 55.9 Å². The molecule has 1 heterocycles. The van der Waals surface area contributed by atoms with Crippen molar-refractivity contribution < 1.29 is 0 Å². The van der Waals surface area contributed by atoms with Crippen LogP contribution in [0.25, 0.3) is 11.0 Å². The molecule has 0 saturated carbocycles. The Kier molecular flexibility index (Phi) is 4.22. The van der Waals surface area contributed by atoms with Crippen LogP contribution in [-0.4, -0.2) is 23.1 Å². The molecule has 0 amide bonds. The maximum Gasteiger partial charge on any atom is 0.106 e. The number of hydrogen-bond acceptors (Lipinski definition) is 3. The van der Waals surface area contributed by atoms with E-state index in [-0.39, 0.29) is 0 Å². The predicted octanol–water partition coefficient (Wildman–Crippen LogP) is 2.13. The summed E-state index contributed by atoms with van der Waals surface area (Å²) in [5.41, 5.74) is 9.38. The fraction of sp³-hybridized carbons (Fsp3) is 0.533. The molecular weight excluding hydrogens is 236 g/mol. The molecule has 1 aromatic heterocycles. The molecule has 104 valence electrons. The van der Waals surface area contributed by atoms with Gasteiger partial charge in [0.1, 0.15) is 5.82 Å². The SMILES string of the molecule is CCC(CN)C(NC)c1ccc2c(c1)nc(C)n2C. The average molecular weight is 260 g/mol. The highest BCUT2D eigenvalue weighted by molar-refractivity contribution is 5.77. The van der Waals surface area contributed by atoms with E-state index in [9.17, 15) is 0 Å². The van der Waals surface area contributed by atoms with Gasteiger partial charge in [-0.25, -0.2) is 4.98 Å². The van der Waals surface area contributed by atoms with E-state index in [0.29, 0.717) is 18.5 Å². The van der Waals surface area contributed by atoms with E-state index in [4.69, 9.17) is 5.73 Å². The summed E-state index contributed by atoms with van der Waals surface area (Å²) in [4.78, 5) is 4.60. The van der Waals surface area contributed by atoms with Crippen LogP contribution in [0, 0.1) is 12.8 Å². The summed E-state index contributed by atoms with van der Waals surface area (Å²) < 4.78 is 2.12. The highest BCUT2D eigenvalue weighted by Crippen LogP contribution is 2.26. The highest BCUT2D eigenvalue weighted by atomic mass is 15.0. The summed E-state index contributed by atoms with van der Waals surface area (Å²) in [5.74, 6) is 1.49. The lowest BCUT2D eigenvalue weighted by atomic mass is 9.91. The van der Waals surface area contributed by atoms with E-state index in [1.54, 1.807) is 0 Å². The van der Waals surface area contributed by atoms with Crippen LogP contribution < -0.4 is 11.1 Å². The van der Waals surface area contributed by atoms with Crippen molar-refractivity contribution in [1.29, 1.82) is 0 Å². The zero-order chi connectivity index (χ0) is 14.0. The summed E-state index contributed by atoms with van der Waals surface area (Å²) in [6.45, 7) is 4.91. The van der Waals surface area contributed by atoms with Gasteiger partial charge in [0.15, 0.2) is 0 Å². The minimum absolute atomic E-state index is 0.293. The van der Waals surface area contributed by atoms with E-state index in [1.807, 2.05) is 14.0 Å². The maximum atomic E-state index is 5.88. The number of imidazole rings is 1. The van der Waals surface area contributed by atoms with Crippen LogP contribution in [0.4, 0.5) is 0 Å². The van der Waals surface area contributed by atoms with Crippen LogP contribution in [-0.2, 0) is 7.05 Å². The number of aromatic nitrogens is 2. The zero-order valence-electron chi connectivity index (χ0n) is 12.3. The molecule has 0 aliphatic rings. The van der Waals surface area contributed by atoms with Crippen molar-refractivity contribution >= 4 is 11.0 Å². The second-order valence-corrected chi connectivity index (χ2v) is 5.14. The van der Waals surface area contributed by atoms with Gasteiger partial charge in [-0.1, -0.05) is 19.4 Å². The molecule has 4 heteroatoms. The van der Waals surface area contributed by atoms with E-state index in [2.05, 4.69) is 47.0 Å². The number of fused-ring (bicyclic) bond motifs is 1. The molecule has 19 heavy (non-hydrogen) atoms. The summed E-state index contributed by atoms with van der Waals surface area (Å²) >= 11 is 0. The van der Waals surface area contributed by atoms with Gasteiger partial charge in [0.05, 0.1) is 11.0 Å². The lowest BCUT2D eigenvalue weighted by Gasteiger charge is -2.25. The van der Waals surface area contributed by atoms with Crippen LogP contribution >= 0.6 is 0 Å².